The van der Waals surface area contributed by atoms with Crippen LogP contribution in [0.25, 0.3) is 11.1 Å². The third-order valence-electron chi connectivity index (χ3n) is 2.19. The van der Waals surface area contributed by atoms with Gasteiger partial charge in [0.05, 0.1) is 0 Å². The van der Waals surface area contributed by atoms with E-state index in [1.54, 1.807) is 18.5 Å². The predicted molar refractivity (Wildman–Crippen MR) is 62.3 cm³/mol. The lowest BCUT2D eigenvalue weighted by Gasteiger charge is -2.06. The van der Waals surface area contributed by atoms with Crippen molar-refractivity contribution >= 4 is 15.9 Å². The number of rotatable bonds is 2. The maximum atomic E-state index is 13.1. The molecule has 0 spiro atoms. The minimum absolute atomic E-state index is 0.225. The molecular weight excluding hydrogens is 257 g/mol. The molecule has 0 aliphatic rings. The van der Waals surface area contributed by atoms with E-state index in [1.165, 1.54) is 12.1 Å². The van der Waals surface area contributed by atoms with Gasteiger partial charge in [0.15, 0.2) is 0 Å². The van der Waals surface area contributed by atoms with E-state index in [0.29, 0.717) is 0 Å². The van der Waals surface area contributed by atoms with E-state index < -0.39 is 0 Å². The Balaban J connectivity index is 2.53. The second-order valence-corrected chi connectivity index (χ2v) is 3.74. The van der Waals surface area contributed by atoms with Crippen LogP contribution in [-0.4, -0.2) is 4.98 Å². The summed E-state index contributed by atoms with van der Waals surface area (Å²) in [4.78, 5) is 4.06. The van der Waals surface area contributed by atoms with E-state index in [0.717, 1.165) is 22.0 Å². The summed E-state index contributed by atoms with van der Waals surface area (Å²) in [5, 5.41) is 0.737. The Bertz CT molecular complexity index is 471. The Labute approximate surface area is 96.1 Å². The molecule has 2 rings (SSSR count). The summed E-state index contributed by atoms with van der Waals surface area (Å²) in [6.07, 6.45) is 3.49. The Morgan fingerprint density at radius 2 is 2.13 bits per heavy atom. The van der Waals surface area contributed by atoms with E-state index >= 15 is 0 Å². The first-order valence-corrected chi connectivity index (χ1v) is 5.68. The lowest BCUT2D eigenvalue weighted by molar-refractivity contribution is 0.628. The molecule has 0 aliphatic heterocycles. The maximum Gasteiger partial charge on any atom is 0.123 e. The lowest BCUT2D eigenvalue weighted by Crippen LogP contribution is -1.88. The van der Waals surface area contributed by atoms with Crippen molar-refractivity contribution in [1.29, 1.82) is 0 Å². The van der Waals surface area contributed by atoms with Crippen LogP contribution in [0.4, 0.5) is 4.39 Å². The summed E-state index contributed by atoms with van der Waals surface area (Å²) < 4.78 is 13.1. The first-order valence-electron chi connectivity index (χ1n) is 4.56. The fourth-order valence-electron chi connectivity index (χ4n) is 1.46. The van der Waals surface area contributed by atoms with Crippen molar-refractivity contribution in [3.05, 3.63) is 54.1 Å². The Kier molecular flexibility index (Phi) is 3.11. The van der Waals surface area contributed by atoms with Crippen molar-refractivity contribution in [2.24, 2.45) is 0 Å². The number of nitrogens with zero attached hydrogens (tertiary/aromatic N) is 1. The number of halogens is 2. The highest BCUT2D eigenvalue weighted by Gasteiger charge is 2.04. The molecule has 1 heterocycles. The molecule has 0 bridgehead atoms. The van der Waals surface area contributed by atoms with Crippen LogP contribution in [0.5, 0.6) is 0 Å². The van der Waals surface area contributed by atoms with E-state index in [1.807, 2.05) is 12.1 Å². The number of aromatic nitrogens is 1. The second kappa shape index (κ2) is 4.53. The molecule has 1 nitrogen and oxygen atoms in total. The smallest absolute Gasteiger partial charge is 0.123 e. The van der Waals surface area contributed by atoms with Crippen LogP contribution in [0.3, 0.4) is 0 Å². The van der Waals surface area contributed by atoms with Crippen LogP contribution < -0.4 is 0 Å². The molecule has 76 valence electrons. The number of alkyl halides is 1. The molecule has 0 radical (unpaired) electrons. The van der Waals surface area contributed by atoms with E-state index in [4.69, 9.17) is 0 Å². The molecule has 1 aromatic carbocycles. The van der Waals surface area contributed by atoms with E-state index in [2.05, 4.69) is 20.9 Å². The zero-order chi connectivity index (χ0) is 10.7. The molecule has 1 aromatic heterocycles. The van der Waals surface area contributed by atoms with Gasteiger partial charge in [-0.15, -0.1) is 0 Å². The molecular formula is C12H9BrFN. The Morgan fingerprint density at radius 1 is 1.27 bits per heavy atom. The minimum Gasteiger partial charge on any atom is -0.264 e. The molecule has 0 saturated heterocycles. The van der Waals surface area contributed by atoms with Crippen molar-refractivity contribution in [2.75, 3.05) is 0 Å². The van der Waals surface area contributed by atoms with Crippen LogP contribution in [0.15, 0.2) is 42.7 Å². The van der Waals surface area contributed by atoms with Gasteiger partial charge < -0.3 is 0 Å². The number of hydrogen-bond acceptors (Lipinski definition) is 1. The molecule has 0 atom stereocenters. The minimum atomic E-state index is -0.225. The Morgan fingerprint density at radius 3 is 2.87 bits per heavy atom. The van der Waals surface area contributed by atoms with Crippen LogP contribution in [0.2, 0.25) is 0 Å². The van der Waals surface area contributed by atoms with Crippen LogP contribution >= 0.6 is 15.9 Å². The summed E-state index contributed by atoms with van der Waals surface area (Å²) >= 11 is 3.40. The standard InChI is InChI=1S/C12H9BrFN/c13-7-10-4-5-15-8-12(10)9-2-1-3-11(14)6-9/h1-6,8H,7H2. The molecule has 0 N–H and O–H groups in total. The third-order valence-corrected chi connectivity index (χ3v) is 2.80. The number of pyridine rings is 1. The van der Waals surface area contributed by atoms with Gasteiger partial charge >= 0.3 is 0 Å². The van der Waals surface area contributed by atoms with Gasteiger partial charge in [-0.1, -0.05) is 28.1 Å². The van der Waals surface area contributed by atoms with Gasteiger partial charge in [-0.25, -0.2) is 4.39 Å². The largest absolute Gasteiger partial charge is 0.264 e. The fourth-order valence-corrected chi connectivity index (χ4v) is 1.94. The van der Waals surface area contributed by atoms with Crippen LogP contribution in [0.1, 0.15) is 5.56 Å². The van der Waals surface area contributed by atoms with Crippen molar-refractivity contribution in [2.45, 2.75) is 5.33 Å². The normalized spacial score (nSPS) is 10.3. The van der Waals surface area contributed by atoms with Gasteiger partial charge in [-0.05, 0) is 29.3 Å². The summed E-state index contributed by atoms with van der Waals surface area (Å²) in [6, 6.07) is 8.47. The Hall–Kier alpha value is -1.22. The fraction of sp³-hybridized carbons (Fsp3) is 0.0833. The number of benzene rings is 1. The highest BCUT2D eigenvalue weighted by Crippen LogP contribution is 2.24. The summed E-state index contributed by atoms with van der Waals surface area (Å²) in [6.45, 7) is 0. The second-order valence-electron chi connectivity index (χ2n) is 3.18. The average molecular weight is 266 g/mol. The van der Waals surface area contributed by atoms with Crippen LogP contribution in [-0.2, 0) is 5.33 Å². The van der Waals surface area contributed by atoms with Crippen molar-refractivity contribution < 1.29 is 4.39 Å². The SMILES string of the molecule is Fc1cccc(-c2cnccc2CBr)c1. The lowest BCUT2D eigenvalue weighted by atomic mass is 10.0. The zero-order valence-corrected chi connectivity index (χ0v) is 9.54. The third kappa shape index (κ3) is 2.23. The molecule has 0 unspecified atom stereocenters. The molecule has 0 aliphatic carbocycles. The van der Waals surface area contributed by atoms with Crippen molar-refractivity contribution in [3.63, 3.8) is 0 Å². The summed E-state index contributed by atoms with van der Waals surface area (Å²) in [7, 11) is 0. The quantitative estimate of drug-likeness (QED) is 0.754. The maximum absolute atomic E-state index is 13.1. The molecule has 0 saturated carbocycles. The molecule has 0 amide bonds. The number of hydrogen-bond donors (Lipinski definition) is 0. The average Bonchev–Trinajstić information content (AvgIpc) is 2.29. The van der Waals surface area contributed by atoms with Crippen molar-refractivity contribution in [1.82, 2.24) is 4.98 Å². The van der Waals surface area contributed by atoms with E-state index in [9.17, 15) is 4.39 Å². The zero-order valence-electron chi connectivity index (χ0n) is 7.95. The molecule has 3 heteroatoms. The molecule has 0 fully saturated rings. The van der Waals surface area contributed by atoms with E-state index in [-0.39, 0.29) is 5.82 Å². The monoisotopic (exact) mass is 265 g/mol. The van der Waals surface area contributed by atoms with Gasteiger partial charge in [0.1, 0.15) is 5.82 Å². The van der Waals surface area contributed by atoms with Gasteiger partial charge in [-0.2, -0.15) is 0 Å². The highest BCUT2D eigenvalue weighted by molar-refractivity contribution is 9.08. The summed E-state index contributed by atoms with van der Waals surface area (Å²) in [5.74, 6) is -0.225. The van der Waals surface area contributed by atoms with Crippen LogP contribution in [0, 0.1) is 5.82 Å². The highest BCUT2D eigenvalue weighted by atomic mass is 79.9. The van der Waals surface area contributed by atoms with Gasteiger partial charge in [0.2, 0.25) is 0 Å². The molecule has 15 heavy (non-hydrogen) atoms. The first-order chi connectivity index (χ1) is 7.31. The summed E-state index contributed by atoms with van der Waals surface area (Å²) in [5.41, 5.74) is 2.93. The predicted octanol–water partition coefficient (Wildman–Crippen LogP) is 3.78. The molecule has 2 aromatic rings. The van der Waals surface area contributed by atoms with Crippen molar-refractivity contribution in [3.8, 4) is 11.1 Å². The topological polar surface area (TPSA) is 12.9 Å². The first kappa shape index (κ1) is 10.3. The van der Waals surface area contributed by atoms with Gasteiger partial charge in [-0.3, -0.25) is 4.98 Å². The van der Waals surface area contributed by atoms with Gasteiger partial charge in [0.25, 0.3) is 0 Å². The van der Waals surface area contributed by atoms with Gasteiger partial charge in [0, 0.05) is 23.3 Å².